The third-order valence-corrected chi connectivity index (χ3v) is 10.8. The van der Waals surface area contributed by atoms with Crippen LogP contribution in [0.4, 0.5) is 13.2 Å². The molecule has 2 aromatic rings. The number of carboxylic acids is 2. The summed E-state index contributed by atoms with van der Waals surface area (Å²) in [5.74, 6) is -9.96. The number of likely N-dealkylation sites (N-methyl/N-ethyl adjacent to an activating group) is 1. The summed E-state index contributed by atoms with van der Waals surface area (Å²) in [5, 5.41) is 45.1. The largest absolute Gasteiger partial charge is 0.508 e. The fourth-order valence-electron chi connectivity index (χ4n) is 7.05. The number of likely N-dealkylation sites (tertiary alicyclic amines) is 1. The standard InChI is InChI=1S/C42H65N13O10.C2HF3O2/c1-22(2)33(53-35(58)28(50-32(57)20-45-6)9-7-15-47-42(43)44)38(61)51-29(17-25-11-13-27(56)14-12-25)36(59)54-34(23(3)4)39(62)52-30(18-26-19-46-21-48-26)40(63)55-16-8-10-31(55)37(60)49-24(5)41(64)65;3-2(4,5)1(6)7/h11-14,19,21-24,28-31,33-34,45,56H,7-10,15-18,20H2,1-6H3,(H,46,48)(H,49,60)(H,50,57)(H,51,61)(H,52,62)(H,53,58)(H,54,59)(H,64,65)(H4,43,44,47);(H,6,7)/t24-,28-,29-,30-,31-,33-,34-;/m0./s1. The molecule has 7 atom stereocenters. The van der Waals surface area contributed by atoms with Crippen molar-refractivity contribution >= 4 is 59.2 Å². The molecule has 1 aliphatic rings. The van der Waals surface area contributed by atoms with Gasteiger partial charge in [0.1, 0.15) is 48.0 Å². The number of aromatic nitrogens is 2. The van der Waals surface area contributed by atoms with Crippen molar-refractivity contribution in [3.63, 3.8) is 0 Å². The molecule has 3 rings (SSSR count). The predicted molar refractivity (Wildman–Crippen MR) is 251 cm³/mol. The molecule has 1 saturated heterocycles. The van der Waals surface area contributed by atoms with Crippen LogP contribution in [-0.4, -0.2) is 165 Å². The fourth-order valence-corrected chi connectivity index (χ4v) is 7.05. The van der Waals surface area contributed by atoms with Gasteiger partial charge in [-0.1, -0.05) is 39.8 Å². The van der Waals surface area contributed by atoms with E-state index < -0.39 is 114 Å². The summed E-state index contributed by atoms with van der Waals surface area (Å²) >= 11 is 0. The highest BCUT2D eigenvalue weighted by Crippen LogP contribution is 2.21. The average molecular weight is 1030 g/mol. The highest BCUT2D eigenvalue weighted by atomic mass is 19.4. The summed E-state index contributed by atoms with van der Waals surface area (Å²) in [6.07, 6.45) is -1.25. The van der Waals surface area contributed by atoms with Crippen molar-refractivity contribution in [3.05, 3.63) is 48.0 Å². The molecule has 25 nitrogen and oxygen atoms in total. The highest BCUT2D eigenvalue weighted by molar-refractivity contribution is 5.98. The number of guanidine groups is 1. The number of phenolic OH excluding ortho intramolecular Hbond substituents is 1. The molecule has 1 fully saturated rings. The third kappa shape index (κ3) is 20.4. The molecule has 0 aliphatic carbocycles. The zero-order chi connectivity index (χ0) is 54.5. The first kappa shape index (κ1) is 60.6. The lowest BCUT2D eigenvalue weighted by Crippen LogP contribution is -2.61. The van der Waals surface area contributed by atoms with E-state index in [2.05, 4.69) is 52.2 Å². The molecule has 28 heteroatoms. The minimum Gasteiger partial charge on any atom is -0.508 e. The van der Waals surface area contributed by atoms with Gasteiger partial charge in [0.25, 0.3) is 0 Å². The number of H-pyrrole nitrogens is 1. The van der Waals surface area contributed by atoms with Gasteiger partial charge in [-0.3, -0.25) is 43.3 Å². The molecule has 0 radical (unpaired) electrons. The van der Waals surface area contributed by atoms with E-state index in [0.717, 1.165) is 0 Å². The number of aromatic hydroxyl groups is 1. The molecule has 2 heterocycles. The van der Waals surface area contributed by atoms with Gasteiger partial charge in [-0.15, -0.1) is 0 Å². The number of hydrogen-bond donors (Lipinski definition) is 13. The SMILES string of the molecule is CNCC(=O)N[C@@H](CCCN=C(N)N)C(=O)N[C@H](C(=O)N[C@@H](Cc1ccc(O)cc1)C(=O)N[C@H](C(=O)N[C@@H](Cc1cnc[nH]1)C(=O)N1CCC[C@H]1C(=O)N[C@@H](C)C(=O)O)C(C)C)C(C)C.O=C(O)C(F)(F)F. The summed E-state index contributed by atoms with van der Waals surface area (Å²) < 4.78 is 31.7. The Balaban J connectivity index is 0.00000235. The number of carbonyl (C=O) groups is 9. The molecule has 400 valence electrons. The molecular weight excluding hydrogens is 960 g/mol. The Morgan fingerprint density at radius 3 is 1.85 bits per heavy atom. The molecule has 0 saturated carbocycles. The maximum atomic E-state index is 14.3. The van der Waals surface area contributed by atoms with Crippen LogP contribution in [0, 0.1) is 11.8 Å². The second kappa shape index (κ2) is 29.0. The summed E-state index contributed by atoms with van der Waals surface area (Å²) in [7, 11) is 1.57. The number of phenols is 1. The number of aromatic amines is 1. The van der Waals surface area contributed by atoms with E-state index in [0.29, 0.717) is 24.1 Å². The first-order valence-corrected chi connectivity index (χ1v) is 22.8. The number of carboxylic acid groups (broad SMARTS) is 2. The number of rotatable bonds is 25. The number of carbonyl (C=O) groups excluding carboxylic acids is 7. The van der Waals surface area contributed by atoms with Crippen molar-refractivity contribution < 1.29 is 71.6 Å². The van der Waals surface area contributed by atoms with Gasteiger partial charge >= 0.3 is 18.1 Å². The molecule has 0 bridgehead atoms. The van der Waals surface area contributed by atoms with E-state index in [-0.39, 0.29) is 57.0 Å². The number of benzene rings is 1. The van der Waals surface area contributed by atoms with Crippen LogP contribution in [0.3, 0.4) is 0 Å². The fraction of sp³-hybridized carbons (Fsp3) is 0.568. The average Bonchev–Trinajstić information content (AvgIpc) is 4.01. The zero-order valence-corrected chi connectivity index (χ0v) is 40.7. The van der Waals surface area contributed by atoms with Gasteiger partial charge in [-0.2, -0.15) is 13.2 Å². The number of hydrogen-bond acceptors (Lipinski definition) is 13. The first-order valence-electron chi connectivity index (χ1n) is 22.8. The monoisotopic (exact) mass is 1030 g/mol. The maximum Gasteiger partial charge on any atom is 0.490 e. The second-order valence-electron chi connectivity index (χ2n) is 17.4. The number of aliphatic carboxylic acids is 2. The summed E-state index contributed by atoms with van der Waals surface area (Å²) in [4.78, 5) is 129. The molecular formula is C44H66F3N13O12. The summed E-state index contributed by atoms with van der Waals surface area (Å²) in [6, 6.07) is -2.43. The number of nitrogens with two attached hydrogens (primary N) is 2. The number of aliphatic imine (C=N–C) groups is 1. The van der Waals surface area contributed by atoms with Gasteiger partial charge in [0, 0.05) is 37.8 Å². The molecule has 0 spiro atoms. The highest BCUT2D eigenvalue weighted by Gasteiger charge is 2.41. The number of imidazole rings is 1. The molecule has 1 aromatic carbocycles. The van der Waals surface area contributed by atoms with Crippen molar-refractivity contribution in [2.45, 2.75) is 122 Å². The van der Waals surface area contributed by atoms with Crippen molar-refractivity contribution in [2.75, 3.05) is 26.7 Å². The van der Waals surface area contributed by atoms with Crippen LogP contribution >= 0.6 is 0 Å². The van der Waals surface area contributed by atoms with Crippen molar-refractivity contribution in [3.8, 4) is 5.75 Å². The molecule has 0 unspecified atom stereocenters. The van der Waals surface area contributed by atoms with E-state index in [9.17, 15) is 61.7 Å². The predicted octanol–water partition coefficient (Wildman–Crippen LogP) is -1.88. The van der Waals surface area contributed by atoms with Crippen LogP contribution in [0.15, 0.2) is 41.8 Å². The Morgan fingerprint density at radius 1 is 0.806 bits per heavy atom. The van der Waals surface area contributed by atoms with E-state index in [4.69, 9.17) is 21.4 Å². The summed E-state index contributed by atoms with van der Waals surface area (Å²) in [5.41, 5.74) is 11.9. The van der Waals surface area contributed by atoms with Crippen LogP contribution < -0.4 is 48.7 Å². The van der Waals surface area contributed by atoms with Gasteiger partial charge in [0.15, 0.2) is 5.96 Å². The smallest absolute Gasteiger partial charge is 0.490 e. The Kier molecular flexibility index (Phi) is 24.4. The van der Waals surface area contributed by atoms with Gasteiger partial charge in [-0.25, -0.2) is 9.78 Å². The molecule has 1 aliphatic heterocycles. The Bertz CT molecular complexity index is 2190. The number of halogens is 3. The normalized spacial score (nSPS) is 15.8. The van der Waals surface area contributed by atoms with Gasteiger partial charge < -0.3 is 73.9 Å². The van der Waals surface area contributed by atoms with Crippen LogP contribution in [0.1, 0.15) is 71.6 Å². The van der Waals surface area contributed by atoms with Crippen LogP contribution in [0.2, 0.25) is 0 Å². The second-order valence-corrected chi connectivity index (χ2v) is 17.4. The van der Waals surface area contributed by atoms with Crippen LogP contribution in [0.5, 0.6) is 5.75 Å². The Morgan fingerprint density at radius 2 is 1.36 bits per heavy atom. The number of amides is 7. The van der Waals surface area contributed by atoms with E-state index in [1.165, 1.54) is 36.5 Å². The molecule has 1 aromatic heterocycles. The Labute approximate surface area is 412 Å². The first-order chi connectivity index (χ1) is 33.7. The minimum atomic E-state index is -5.08. The lowest BCUT2D eigenvalue weighted by molar-refractivity contribution is -0.192. The number of nitrogens with zero attached hydrogens (tertiary/aromatic N) is 3. The molecule has 72 heavy (non-hydrogen) atoms. The molecule has 15 N–H and O–H groups in total. The lowest BCUT2D eigenvalue weighted by Gasteiger charge is -2.31. The van der Waals surface area contributed by atoms with Crippen LogP contribution in [-0.2, 0) is 56.0 Å². The number of nitrogens with one attached hydrogen (secondary N) is 8. The maximum absolute atomic E-state index is 14.3. The van der Waals surface area contributed by atoms with Crippen molar-refractivity contribution in [1.82, 2.24) is 52.1 Å². The van der Waals surface area contributed by atoms with E-state index in [1.54, 1.807) is 46.9 Å². The minimum absolute atomic E-state index is 0.0393. The van der Waals surface area contributed by atoms with E-state index in [1.807, 2.05) is 0 Å². The van der Waals surface area contributed by atoms with E-state index >= 15 is 0 Å². The van der Waals surface area contributed by atoms with Gasteiger partial charge in [0.2, 0.25) is 41.4 Å². The topological polar surface area (TPSA) is 395 Å². The Hall–Kier alpha value is -7.52. The summed E-state index contributed by atoms with van der Waals surface area (Å²) in [6.45, 7) is 8.27. The van der Waals surface area contributed by atoms with Gasteiger partial charge in [-0.05, 0) is 69.2 Å². The van der Waals surface area contributed by atoms with Crippen molar-refractivity contribution in [2.24, 2.45) is 28.3 Å². The lowest BCUT2D eigenvalue weighted by atomic mass is 9.98. The third-order valence-electron chi connectivity index (χ3n) is 10.8. The van der Waals surface area contributed by atoms with Crippen molar-refractivity contribution in [1.29, 1.82) is 0 Å². The van der Waals surface area contributed by atoms with Gasteiger partial charge in [0.05, 0.1) is 12.9 Å². The zero-order valence-electron chi connectivity index (χ0n) is 40.7. The molecule has 7 amide bonds. The quantitative estimate of drug-likeness (QED) is 0.0294. The number of alkyl halides is 3. The van der Waals surface area contributed by atoms with Crippen LogP contribution in [0.25, 0.3) is 0 Å².